The van der Waals surface area contributed by atoms with Gasteiger partial charge in [-0.15, -0.1) is 0 Å². The van der Waals surface area contributed by atoms with Crippen molar-refractivity contribution in [2.24, 2.45) is 11.0 Å². The van der Waals surface area contributed by atoms with Crippen LogP contribution < -0.4 is 16.1 Å². The first-order chi connectivity index (χ1) is 17.8. The highest BCUT2D eigenvalue weighted by molar-refractivity contribution is 6.33. The molecule has 0 unspecified atom stereocenters. The van der Waals surface area contributed by atoms with E-state index in [0.717, 1.165) is 40.9 Å². The largest absolute Gasteiger partial charge is 0.481 e. The molecule has 9 heteroatoms. The molecule has 0 saturated carbocycles. The van der Waals surface area contributed by atoms with E-state index in [2.05, 4.69) is 5.32 Å². The molecule has 3 aromatic carbocycles. The van der Waals surface area contributed by atoms with Crippen molar-refractivity contribution in [3.63, 3.8) is 0 Å². The molecule has 0 aromatic heterocycles. The van der Waals surface area contributed by atoms with Gasteiger partial charge in [0.2, 0.25) is 0 Å². The number of amides is 1. The lowest BCUT2D eigenvalue weighted by molar-refractivity contribution is -0.137. The molecule has 7 nitrogen and oxygen atoms in total. The topological polar surface area (TPSA) is 108 Å². The standard InChI is InChI=1S/C28H26ClFN4O3/c29-23-15-20(9-12-24(23)31)34-27(16-3-7-19(30)8-4-16)22-11-5-17-14-18(6-10-21(17)26(22)33-34)28(37)32-13-1-2-25(35)36/h3-4,6-10,12,14-15,22,27H,1-2,5,11,13,31H2,(H,32,37)(H,35,36)/t22-,27-/m0/s1. The van der Waals surface area contributed by atoms with Crippen LogP contribution in [0.3, 0.4) is 0 Å². The average Bonchev–Trinajstić information content (AvgIpc) is 3.28. The zero-order valence-electron chi connectivity index (χ0n) is 20.0. The van der Waals surface area contributed by atoms with Gasteiger partial charge in [-0.05, 0) is 72.9 Å². The minimum Gasteiger partial charge on any atom is -0.481 e. The molecule has 2 atom stereocenters. The second-order valence-corrected chi connectivity index (χ2v) is 9.71. The van der Waals surface area contributed by atoms with E-state index in [1.165, 1.54) is 12.1 Å². The van der Waals surface area contributed by atoms with Crippen molar-refractivity contribution in [3.8, 4) is 0 Å². The third-order valence-corrected chi connectivity index (χ3v) is 7.22. The lowest BCUT2D eigenvalue weighted by atomic mass is 9.77. The summed E-state index contributed by atoms with van der Waals surface area (Å²) >= 11 is 6.33. The first-order valence-corrected chi connectivity index (χ1v) is 12.5. The Bertz CT molecular complexity index is 1390. The Kier molecular flexibility index (Phi) is 6.84. The predicted octanol–water partition coefficient (Wildman–Crippen LogP) is 5.18. The number of hydrogen-bond donors (Lipinski definition) is 3. The first kappa shape index (κ1) is 24.8. The van der Waals surface area contributed by atoms with Crippen LogP contribution in [0.5, 0.6) is 0 Å². The summed E-state index contributed by atoms with van der Waals surface area (Å²) in [6.07, 6.45) is 1.95. The zero-order valence-corrected chi connectivity index (χ0v) is 20.7. The molecule has 0 spiro atoms. The molecular formula is C28H26ClFN4O3. The van der Waals surface area contributed by atoms with Gasteiger partial charge in [0.1, 0.15) is 5.82 Å². The summed E-state index contributed by atoms with van der Waals surface area (Å²) in [5, 5.41) is 18.9. The van der Waals surface area contributed by atoms with Crippen LogP contribution in [0.2, 0.25) is 5.02 Å². The van der Waals surface area contributed by atoms with E-state index in [1.54, 1.807) is 30.3 Å². The molecule has 0 radical (unpaired) electrons. The summed E-state index contributed by atoms with van der Waals surface area (Å²) in [6.45, 7) is 0.301. The molecule has 37 heavy (non-hydrogen) atoms. The maximum Gasteiger partial charge on any atom is 0.303 e. The molecule has 5 rings (SSSR count). The number of aliphatic carboxylic acids is 1. The van der Waals surface area contributed by atoms with Gasteiger partial charge in [-0.2, -0.15) is 5.10 Å². The summed E-state index contributed by atoms with van der Waals surface area (Å²) in [4.78, 5) is 23.3. The molecule has 1 heterocycles. The van der Waals surface area contributed by atoms with Crippen LogP contribution in [0.15, 0.2) is 65.8 Å². The summed E-state index contributed by atoms with van der Waals surface area (Å²) in [5.41, 5.74) is 11.6. The number of nitrogen functional groups attached to an aromatic ring is 1. The highest BCUT2D eigenvalue weighted by Gasteiger charge is 2.42. The second-order valence-electron chi connectivity index (χ2n) is 9.30. The van der Waals surface area contributed by atoms with Crippen LogP contribution in [0, 0.1) is 11.7 Å². The van der Waals surface area contributed by atoms with Gasteiger partial charge in [-0.3, -0.25) is 14.6 Å². The van der Waals surface area contributed by atoms with E-state index in [9.17, 15) is 14.0 Å². The lowest BCUT2D eigenvalue weighted by Gasteiger charge is -2.31. The van der Waals surface area contributed by atoms with Gasteiger partial charge in [0.05, 0.1) is 28.2 Å². The summed E-state index contributed by atoms with van der Waals surface area (Å²) < 4.78 is 13.7. The number of carbonyl (C=O) groups excluding carboxylic acids is 1. The Hall–Kier alpha value is -3.91. The fraction of sp³-hybridized carbons (Fsp3) is 0.250. The third-order valence-electron chi connectivity index (χ3n) is 6.89. The van der Waals surface area contributed by atoms with Crippen LogP contribution >= 0.6 is 11.6 Å². The van der Waals surface area contributed by atoms with Crippen molar-refractivity contribution in [3.05, 3.63) is 93.8 Å². The summed E-state index contributed by atoms with van der Waals surface area (Å²) in [6, 6.07) is 17.3. The normalized spacial score (nSPS) is 18.1. The van der Waals surface area contributed by atoms with E-state index < -0.39 is 5.97 Å². The highest BCUT2D eigenvalue weighted by atomic mass is 35.5. The van der Waals surface area contributed by atoms with Gasteiger partial charge < -0.3 is 16.2 Å². The number of hydrazone groups is 1. The number of nitrogens with two attached hydrogens (primary N) is 1. The molecule has 4 N–H and O–H groups in total. The number of carbonyl (C=O) groups is 2. The Morgan fingerprint density at radius 2 is 1.92 bits per heavy atom. The van der Waals surface area contributed by atoms with E-state index >= 15 is 0 Å². The summed E-state index contributed by atoms with van der Waals surface area (Å²) in [5.74, 6) is -1.35. The number of carboxylic acid groups (broad SMARTS) is 1. The number of rotatable bonds is 7. The van der Waals surface area contributed by atoms with Crippen LogP contribution in [0.1, 0.15) is 52.4 Å². The van der Waals surface area contributed by atoms with Crippen LogP contribution in [0.25, 0.3) is 0 Å². The molecular weight excluding hydrogens is 495 g/mol. The number of halogens is 2. The number of nitrogens with zero attached hydrogens (tertiary/aromatic N) is 2. The van der Waals surface area contributed by atoms with Gasteiger partial charge in [0.15, 0.2) is 0 Å². The first-order valence-electron chi connectivity index (χ1n) is 12.1. The van der Waals surface area contributed by atoms with E-state index in [4.69, 9.17) is 27.5 Å². The van der Waals surface area contributed by atoms with Gasteiger partial charge in [-0.25, -0.2) is 4.39 Å². The minimum absolute atomic E-state index is 0.0105. The molecule has 0 fully saturated rings. The molecule has 190 valence electrons. The molecule has 2 aliphatic rings. The Morgan fingerprint density at radius 1 is 1.14 bits per heavy atom. The molecule has 1 aliphatic heterocycles. The fourth-order valence-corrected chi connectivity index (χ4v) is 5.25. The van der Waals surface area contributed by atoms with Crippen molar-refractivity contribution in [2.45, 2.75) is 31.7 Å². The average molecular weight is 521 g/mol. The van der Waals surface area contributed by atoms with Crippen LogP contribution in [-0.2, 0) is 11.2 Å². The van der Waals surface area contributed by atoms with E-state index in [-0.39, 0.29) is 30.1 Å². The fourth-order valence-electron chi connectivity index (χ4n) is 5.08. The van der Waals surface area contributed by atoms with Crippen molar-refractivity contribution in [1.82, 2.24) is 5.32 Å². The van der Waals surface area contributed by atoms with Crippen molar-refractivity contribution in [2.75, 3.05) is 17.3 Å². The van der Waals surface area contributed by atoms with Gasteiger partial charge >= 0.3 is 5.97 Å². The smallest absolute Gasteiger partial charge is 0.303 e. The van der Waals surface area contributed by atoms with Gasteiger partial charge in [0.25, 0.3) is 5.91 Å². The maximum absolute atomic E-state index is 13.7. The number of hydrogen-bond acceptors (Lipinski definition) is 5. The lowest BCUT2D eigenvalue weighted by Crippen LogP contribution is -2.29. The van der Waals surface area contributed by atoms with Crippen molar-refractivity contribution >= 4 is 40.6 Å². The van der Waals surface area contributed by atoms with Gasteiger partial charge in [-0.1, -0.05) is 29.8 Å². The highest BCUT2D eigenvalue weighted by Crippen LogP contribution is 2.46. The summed E-state index contributed by atoms with van der Waals surface area (Å²) in [7, 11) is 0. The molecule has 1 amide bonds. The van der Waals surface area contributed by atoms with E-state index in [0.29, 0.717) is 29.2 Å². The Morgan fingerprint density at radius 3 is 2.65 bits per heavy atom. The number of fused-ring (bicyclic) bond motifs is 3. The molecule has 0 bridgehead atoms. The van der Waals surface area contributed by atoms with Crippen molar-refractivity contribution in [1.29, 1.82) is 0 Å². The van der Waals surface area contributed by atoms with Crippen LogP contribution in [0.4, 0.5) is 15.8 Å². The third kappa shape index (κ3) is 5.02. The predicted molar refractivity (Wildman–Crippen MR) is 141 cm³/mol. The van der Waals surface area contributed by atoms with E-state index in [1.807, 2.05) is 23.2 Å². The zero-order chi connectivity index (χ0) is 26.1. The molecule has 1 aliphatic carbocycles. The number of benzene rings is 3. The maximum atomic E-state index is 13.7. The number of aryl methyl sites for hydroxylation is 1. The molecule has 0 saturated heterocycles. The van der Waals surface area contributed by atoms with Gasteiger partial charge in [0, 0.05) is 30.0 Å². The number of carboxylic acids is 1. The Labute approximate surface area is 218 Å². The second kappa shape index (κ2) is 10.2. The van der Waals surface area contributed by atoms with Crippen molar-refractivity contribution < 1.29 is 19.1 Å². The monoisotopic (exact) mass is 520 g/mol. The molecule has 3 aromatic rings. The number of nitrogens with one attached hydrogen (secondary N) is 1. The quantitative estimate of drug-likeness (QED) is 0.294. The SMILES string of the molecule is Nc1ccc(N2N=C3c4ccc(C(=O)NCCCC(=O)O)cc4CC[C@@H]3[C@@H]2c2ccc(F)cc2)cc1Cl. The number of anilines is 2. The van der Waals surface area contributed by atoms with Crippen LogP contribution in [-0.4, -0.2) is 29.2 Å². The minimum atomic E-state index is -0.885. The Balaban J connectivity index is 1.46.